The molecule has 1 aromatic rings. The third-order valence-corrected chi connectivity index (χ3v) is 1.57. The number of anilines is 1. The van der Waals surface area contributed by atoms with E-state index in [1.807, 2.05) is 0 Å². The molecule has 4 N–H and O–H groups in total. The van der Waals surface area contributed by atoms with Gasteiger partial charge in [-0.1, -0.05) is 0 Å². The highest BCUT2D eigenvalue weighted by Crippen LogP contribution is 2.13. The van der Waals surface area contributed by atoms with E-state index in [9.17, 15) is 0 Å². The van der Waals surface area contributed by atoms with E-state index in [2.05, 4.69) is 4.37 Å². The quantitative estimate of drug-likeness (QED) is 0.568. The summed E-state index contributed by atoms with van der Waals surface area (Å²) >= 11 is 1.28. The van der Waals surface area contributed by atoms with Gasteiger partial charge in [0.05, 0.1) is 0 Å². The summed E-state index contributed by atoms with van der Waals surface area (Å²) in [6.07, 6.45) is 1.69. The van der Waals surface area contributed by atoms with Crippen LogP contribution in [0.25, 0.3) is 0 Å². The number of hydrogen-bond donors (Lipinski definition) is 2. The van der Waals surface area contributed by atoms with E-state index in [-0.39, 0.29) is 0 Å². The van der Waals surface area contributed by atoms with Crippen molar-refractivity contribution in [3.63, 3.8) is 0 Å². The zero-order valence-electron chi connectivity index (χ0n) is 4.29. The number of rotatable bonds is 1. The van der Waals surface area contributed by atoms with Crippen molar-refractivity contribution in [3.8, 4) is 0 Å². The summed E-state index contributed by atoms with van der Waals surface area (Å²) < 4.78 is 3.83. The molecule has 1 heterocycles. The Hall–Kier alpha value is -0.610. The molecule has 0 aromatic carbocycles. The van der Waals surface area contributed by atoms with Crippen LogP contribution in [-0.4, -0.2) is 4.37 Å². The molecule has 0 radical (unpaired) electrons. The second kappa shape index (κ2) is 2.11. The normalized spacial score (nSPS) is 9.62. The van der Waals surface area contributed by atoms with Crippen LogP contribution in [0.5, 0.6) is 0 Å². The van der Waals surface area contributed by atoms with Crippen molar-refractivity contribution < 1.29 is 0 Å². The highest BCUT2D eigenvalue weighted by Gasteiger charge is 1.95. The summed E-state index contributed by atoms with van der Waals surface area (Å²) in [5, 5.41) is 0.729. The zero-order chi connectivity index (χ0) is 5.98. The maximum Gasteiger partial charge on any atom is 0.111 e. The summed E-state index contributed by atoms with van der Waals surface area (Å²) in [5.41, 5.74) is 11.6. The molecule has 0 unspecified atom stereocenters. The predicted molar refractivity (Wildman–Crippen MR) is 34.4 cm³/mol. The number of hydrogen-bond acceptors (Lipinski definition) is 4. The molecule has 0 spiro atoms. The first-order chi connectivity index (χ1) is 3.84. The summed E-state index contributed by atoms with van der Waals surface area (Å²) in [6, 6.07) is 0. The van der Waals surface area contributed by atoms with Gasteiger partial charge in [0.15, 0.2) is 0 Å². The van der Waals surface area contributed by atoms with Gasteiger partial charge in [0.25, 0.3) is 0 Å². The molecule has 0 aliphatic heterocycles. The highest BCUT2D eigenvalue weighted by atomic mass is 32.1. The first-order valence-corrected chi connectivity index (χ1v) is 3.01. The van der Waals surface area contributed by atoms with Crippen molar-refractivity contribution in [1.82, 2.24) is 4.37 Å². The summed E-state index contributed by atoms with van der Waals surface area (Å²) in [7, 11) is 0. The van der Waals surface area contributed by atoms with Crippen molar-refractivity contribution in [3.05, 3.63) is 11.8 Å². The molecular formula is C4H7N3S. The summed E-state index contributed by atoms with van der Waals surface area (Å²) in [6.45, 7) is 0.488. The molecule has 1 rings (SSSR count). The summed E-state index contributed by atoms with van der Waals surface area (Å²) in [4.78, 5) is 0. The van der Waals surface area contributed by atoms with Crippen molar-refractivity contribution in [2.75, 3.05) is 5.73 Å². The predicted octanol–water partition coefficient (Wildman–Crippen LogP) is 0.184. The van der Waals surface area contributed by atoms with Gasteiger partial charge >= 0.3 is 0 Å². The molecule has 0 fully saturated rings. The van der Waals surface area contributed by atoms with Crippen LogP contribution in [0.4, 0.5) is 5.00 Å². The van der Waals surface area contributed by atoms with E-state index < -0.39 is 0 Å². The molecule has 0 atom stereocenters. The molecule has 8 heavy (non-hydrogen) atoms. The van der Waals surface area contributed by atoms with Gasteiger partial charge < -0.3 is 11.5 Å². The lowest BCUT2D eigenvalue weighted by Crippen LogP contribution is -1.96. The second-order valence-electron chi connectivity index (χ2n) is 1.42. The molecule has 0 aliphatic rings. The Bertz CT molecular complexity index is 172. The van der Waals surface area contributed by atoms with E-state index in [0.717, 1.165) is 10.6 Å². The van der Waals surface area contributed by atoms with E-state index >= 15 is 0 Å². The minimum atomic E-state index is 0.488. The van der Waals surface area contributed by atoms with Crippen LogP contribution in [0.15, 0.2) is 6.20 Å². The fraction of sp³-hybridized carbons (Fsp3) is 0.250. The van der Waals surface area contributed by atoms with Crippen molar-refractivity contribution in [1.29, 1.82) is 0 Å². The Morgan fingerprint density at radius 2 is 2.50 bits per heavy atom. The Morgan fingerprint density at radius 1 is 1.75 bits per heavy atom. The lowest BCUT2D eigenvalue weighted by molar-refractivity contribution is 1.08. The van der Waals surface area contributed by atoms with Gasteiger partial charge in [0.2, 0.25) is 0 Å². The van der Waals surface area contributed by atoms with Gasteiger partial charge in [-0.15, -0.1) is 0 Å². The van der Waals surface area contributed by atoms with Crippen LogP contribution >= 0.6 is 11.5 Å². The number of aromatic nitrogens is 1. The third-order valence-electron chi connectivity index (χ3n) is 0.896. The average molecular weight is 129 g/mol. The van der Waals surface area contributed by atoms with E-state index in [0.29, 0.717) is 6.54 Å². The molecule has 4 heteroatoms. The molecule has 0 saturated carbocycles. The van der Waals surface area contributed by atoms with Crippen LogP contribution in [0.3, 0.4) is 0 Å². The SMILES string of the molecule is NCc1cnsc1N. The van der Waals surface area contributed by atoms with Gasteiger partial charge in [-0.05, 0) is 11.5 Å². The maximum absolute atomic E-state index is 5.43. The van der Waals surface area contributed by atoms with Crippen molar-refractivity contribution in [2.45, 2.75) is 6.54 Å². The topological polar surface area (TPSA) is 64.9 Å². The van der Waals surface area contributed by atoms with Crippen molar-refractivity contribution >= 4 is 16.5 Å². The monoisotopic (exact) mass is 129 g/mol. The largest absolute Gasteiger partial charge is 0.389 e. The van der Waals surface area contributed by atoms with Crippen LogP contribution in [-0.2, 0) is 6.54 Å². The minimum absolute atomic E-state index is 0.488. The Kier molecular flexibility index (Phi) is 1.45. The minimum Gasteiger partial charge on any atom is -0.389 e. The van der Waals surface area contributed by atoms with E-state index in [1.165, 1.54) is 11.5 Å². The van der Waals surface area contributed by atoms with Gasteiger partial charge in [-0.3, -0.25) is 0 Å². The molecule has 0 bridgehead atoms. The van der Waals surface area contributed by atoms with Crippen LogP contribution in [0, 0.1) is 0 Å². The van der Waals surface area contributed by atoms with Crippen LogP contribution < -0.4 is 11.5 Å². The van der Waals surface area contributed by atoms with E-state index in [4.69, 9.17) is 11.5 Å². The molecule has 3 nitrogen and oxygen atoms in total. The molecule has 0 aliphatic carbocycles. The third kappa shape index (κ3) is 0.801. The van der Waals surface area contributed by atoms with Crippen molar-refractivity contribution in [2.24, 2.45) is 5.73 Å². The van der Waals surface area contributed by atoms with Gasteiger partial charge in [-0.2, -0.15) is 4.37 Å². The molecule has 1 aromatic heterocycles. The van der Waals surface area contributed by atoms with Crippen LogP contribution in [0.1, 0.15) is 5.56 Å². The zero-order valence-corrected chi connectivity index (χ0v) is 5.11. The van der Waals surface area contributed by atoms with Gasteiger partial charge in [0, 0.05) is 18.3 Å². The summed E-state index contributed by atoms with van der Waals surface area (Å²) in [5.74, 6) is 0. The molecule has 0 amide bonds. The van der Waals surface area contributed by atoms with Gasteiger partial charge in [0.1, 0.15) is 5.00 Å². The first-order valence-electron chi connectivity index (χ1n) is 2.23. The van der Waals surface area contributed by atoms with Crippen LogP contribution in [0.2, 0.25) is 0 Å². The molecule has 44 valence electrons. The number of nitrogens with zero attached hydrogens (tertiary/aromatic N) is 1. The Labute approximate surface area is 51.5 Å². The maximum atomic E-state index is 5.43. The standard InChI is InChI=1S/C4H7N3S/c5-1-3-2-7-8-4(3)6/h2H,1,5-6H2. The van der Waals surface area contributed by atoms with Gasteiger partial charge in [-0.25, -0.2) is 0 Å². The smallest absolute Gasteiger partial charge is 0.111 e. The lowest BCUT2D eigenvalue weighted by atomic mass is 10.4. The fourth-order valence-corrected chi connectivity index (χ4v) is 0.969. The second-order valence-corrected chi connectivity index (χ2v) is 2.25. The molecular weight excluding hydrogens is 122 g/mol. The Morgan fingerprint density at radius 3 is 2.75 bits per heavy atom. The Balaban J connectivity index is 2.92. The number of nitrogen functional groups attached to an aromatic ring is 1. The average Bonchev–Trinajstić information content (AvgIpc) is 2.14. The highest BCUT2D eigenvalue weighted by molar-refractivity contribution is 7.10. The molecule has 0 saturated heterocycles. The first kappa shape index (κ1) is 5.53. The lowest BCUT2D eigenvalue weighted by Gasteiger charge is -1.86. The fourth-order valence-electron chi connectivity index (χ4n) is 0.422. The van der Waals surface area contributed by atoms with E-state index in [1.54, 1.807) is 6.20 Å². The number of nitrogens with two attached hydrogens (primary N) is 2.